The van der Waals surface area contributed by atoms with Crippen LogP contribution in [0.3, 0.4) is 0 Å². The zero-order valence-electron chi connectivity index (χ0n) is 15.9. The van der Waals surface area contributed by atoms with E-state index in [1.165, 1.54) is 6.92 Å². The number of nitrogens with one attached hydrogen (secondary N) is 1. The van der Waals surface area contributed by atoms with Crippen molar-refractivity contribution in [3.63, 3.8) is 0 Å². The van der Waals surface area contributed by atoms with E-state index in [2.05, 4.69) is 10.3 Å². The molecule has 0 spiro atoms. The summed E-state index contributed by atoms with van der Waals surface area (Å²) in [6.07, 6.45) is 1.70. The van der Waals surface area contributed by atoms with Gasteiger partial charge in [0.05, 0.1) is 18.7 Å². The van der Waals surface area contributed by atoms with Crippen LogP contribution in [0, 0.1) is 0 Å². The lowest BCUT2D eigenvalue weighted by Crippen LogP contribution is -2.40. The lowest BCUT2D eigenvalue weighted by molar-refractivity contribution is 0.0300. The second-order valence-electron chi connectivity index (χ2n) is 6.73. The van der Waals surface area contributed by atoms with Crippen molar-refractivity contribution < 1.29 is 19.1 Å². The number of aromatic nitrogens is 2. The van der Waals surface area contributed by atoms with Gasteiger partial charge in [0.15, 0.2) is 11.5 Å². The molecule has 4 rings (SSSR count). The molecule has 3 aromatic rings. The van der Waals surface area contributed by atoms with E-state index in [0.29, 0.717) is 43.1 Å². The molecule has 1 fully saturated rings. The normalized spacial score (nSPS) is 14.0. The van der Waals surface area contributed by atoms with Crippen LogP contribution in [-0.4, -0.2) is 58.2 Å². The highest BCUT2D eigenvalue weighted by Crippen LogP contribution is 2.18. The van der Waals surface area contributed by atoms with Crippen molar-refractivity contribution in [3.05, 3.63) is 65.7 Å². The van der Waals surface area contributed by atoms with Gasteiger partial charge in [0.2, 0.25) is 5.82 Å². The quantitative estimate of drug-likeness (QED) is 0.688. The molecule has 1 N–H and O–H groups in total. The molecule has 1 aromatic carbocycles. The Morgan fingerprint density at radius 3 is 2.45 bits per heavy atom. The number of hydrogen-bond acceptors (Lipinski definition) is 5. The van der Waals surface area contributed by atoms with Gasteiger partial charge in [-0.15, -0.1) is 0 Å². The highest BCUT2D eigenvalue weighted by atomic mass is 16.5. The van der Waals surface area contributed by atoms with Crippen LogP contribution in [0.4, 0.5) is 5.69 Å². The summed E-state index contributed by atoms with van der Waals surface area (Å²) in [4.78, 5) is 43.2. The van der Waals surface area contributed by atoms with Gasteiger partial charge in [-0.2, -0.15) is 0 Å². The van der Waals surface area contributed by atoms with Crippen molar-refractivity contribution in [2.24, 2.45) is 0 Å². The van der Waals surface area contributed by atoms with E-state index in [4.69, 9.17) is 4.74 Å². The number of hydrogen-bond donors (Lipinski definition) is 1. The van der Waals surface area contributed by atoms with Gasteiger partial charge < -0.3 is 15.0 Å². The third-order valence-electron chi connectivity index (χ3n) is 4.80. The molecule has 29 heavy (non-hydrogen) atoms. The number of ether oxygens (including phenoxy) is 1. The highest BCUT2D eigenvalue weighted by Gasteiger charge is 2.26. The summed E-state index contributed by atoms with van der Waals surface area (Å²) in [5.41, 5.74) is 1.91. The monoisotopic (exact) mass is 392 g/mol. The molecule has 0 aliphatic carbocycles. The largest absolute Gasteiger partial charge is 0.378 e. The molecule has 3 heterocycles. The smallest absolute Gasteiger partial charge is 0.292 e. The van der Waals surface area contributed by atoms with Crippen LogP contribution >= 0.6 is 0 Å². The van der Waals surface area contributed by atoms with Gasteiger partial charge in [0, 0.05) is 30.5 Å². The number of nitrogens with zero attached hydrogens (tertiary/aromatic N) is 3. The average molecular weight is 392 g/mol. The molecule has 0 unspecified atom stereocenters. The number of ketones is 1. The van der Waals surface area contributed by atoms with Crippen LogP contribution in [-0.2, 0) is 4.74 Å². The molecule has 0 bridgehead atoms. The van der Waals surface area contributed by atoms with Gasteiger partial charge in [-0.25, -0.2) is 4.98 Å². The predicted molar refractivity (Wildman–Crippen MR) is 106 cm³/mol. The predicted octanol–water partition coefficient (Wildman–Crippen LogP) is 2.26. The van der Waals surface area contributed by atoms with Gasteiger partial charge >= 0.3 is 0 Å². The Bertz CT molecular complexity index is 1080. The second kappa shape index (κ2) is 7.84. The van der Waals surface area contributed by atoms with Crippen LogP contribution in [0.25, 0.3) is 5.52 Å². The van der Waals surface area contributed by atoms with Crippen LogP contribution in [0.2, 0.25) is 0 Å². The topological polar surface area (TPSA) is 93.0 Å². The maximum absolute atomic E-state index is 12.9. The number of rotatable bonds is 4. The first kappa shape index (κ1) is 18.8. The number of benzene rings is 1. The Morgan fingerprint density at radius 2 is 1.76 bits per heavy atom. The summed E-state index contributed by atoms with van der Waals surface area (Å²) in [5, 5.41) is 2.77. The summed E-state index contributed by atoms with van der Waals surface area (Å²) in [7, 11) is 0. The van der Waals surface area contributed by atoms with E-state index in [1.807, 2.05) is 0 Å². The minimum atomic E-state index is -0.442. The van der Waals surface area contributed by atoms with E-state index in [1.54, 1.807) is 58.0 Å². The molecule has 0 saturated carbocycles. The lowest BCUT2D eigenvalue weighted by Gasteiger charge is -2.26. The highest BCUT2D eigenvalue weighted by molar-refractivity contribution is 6.06. The van der Waals surface area contributed by atoms with Gasteiger partial charge in [-0.1, -0.05) is 6.07 Å². The second-order valence-corrected chi connectivity index (χ2v) is 6.73. The van der Waals surface area contributed by atoms with E-state index < -0.39 is 5.91 Å². The number of pyridine rings is 1. The fourth-order valence-electron chi connectivity index (χ4n) is 3.25. The molecular formula is C21H20N4O4. The van der Waals surface area contributed by atoms with Crippen molar-refractivity contribution in [1.29, 1.82) is 0 Å². The molecule has 1 saturated heterocycles. The van der Waals surface area contributed by atoms with Crippen molar-refractivity contribution in [3.8, 4) is 0 Å². The van der Waals surface area contributed by atoms with Crippen molar-refractivity contribution in [2.75, 3.05) is 31.6 Å². The zero-order valence-corrected chi connectivity index (χ0v) is 15.9. The van der Waals surface area contributed by atoms with Crippen molar-refractivity contribution >= 4 is 28.8 Å². The Balaban J connectivity index is 1.64. The molecule has 8 nitrogen and oxygen atoms in total. The van der Waals surface area contributed by atoms with E-state index in [-0.39, 0.29) is 23.2 Å². The molecule has 8 heteroatoms. The molecule has 148 valence electrons. The molecule has 0 atom stereocenters. The van der Waals surface area contributed by atoms with Gasteiger partial charge in [0.1, 0.15) is 0 Å². The van der Waals surface area contributed by atoms with Gasteiger partial charge in [-0.05, 0) is 43.3 Å². The lowest BCUT2D eigenvalue weighted by atomic mass is 10.1. The fourth-order valence-corrected chi connectivity index (χ4v) is 3.25. The molecular weight excluding hydrogens is 372 g/mol. The Labute approximate surface area is 167 Å². The number of fused-ring (bicyclic) bond motifs is 1. The van der Waals surface area contributed by atoms with Crippen molar-refractivity contribution in [1.82, 2.24) is 14.3 Å². The van der Waals surface area contributed by atoms with Crippen molar-refractivity contribution in [2.45, 2.75) is 6.92 Å². The molecule has 2 aromatic heterocycles. The SMILES string of the molecule is CC(=O)c1ccc(NC(=O)c2nc(C(=O)N3CCOCC3)c3ccccn23)cc1. The number of carbonyl (C=O) groups excluding carboxylic acids is 3. The van der Waals surface area contributed by atoms with Crippen LogP contribution in [0.1, 0.15) is 38.4 Å². The number of imidazole rings is 1. The maximum Gasteiger partial charge on any atom is 0.292 e. The first-order chi connectivity index (χ1) is 14.0. The molecule has 1 aliphatic rings. The number of amides is 2. The standard InChI is InChI=1S/C21H20N4O4/c1-14(26)15-5-7-16(8-6-15)22-20(27)19-23-18(17-4-2-3-9-25(17)19)21(28)24-10-12-29-13-11-24/h2-9H,10-13H2,1H3,(H,22,27). The summed E-state index contributed by atoms with van der Waals surface area (Å²) in [6, 6.07) is 11.9. The average Bonchev–Trinajstić information content (AvgIpc) is 3.14. The molecule has 1 aliphatic heterocycles. The summed E-state index contributed by atoms with van der Waals surface area (Å²) < 4.78 is 6.91. The minimum absolute atomic E-state index is 0.0478. The van der Waals surface area contributed by atoms with Gasteiger partial charge in [0.25, 0.3) is 11.8 Å². The number of Topliss-reactive ketones (excluding diaryl/α,β-unsaturated/α-hetero) is 1. The fraction of sp³-hybridized carbons (Fsp3) is 0.238. The first-order valence-electron chi connectivity index (χ1n) is 9.31. The van der Waals surface area contributed by atoms with Crippen LogP contribution in [0.5, 0.6) is 0 Å². The summed E-state index contributed by atoms with van der Waals surface area (Å²) in [5.74, 6) is -0.592. The minimum Gasteiger partial charge on any atom is -0.378 e. The third-order valence-corrected chi connectivity index (χ3v) is 4.80. The number of morpholine rings is 1. The zero-order chi connectivity index (χ0) is 20.4. The molecule has 0 radical (unpaired) electrons. The Kier molecular flexibility index (Phi) is 5.09. The molecule has 2 amide bonds. The van der Waals surface area contributed by atoms with E-state index >= 15 is 0 Å². The Hall–Kier alpha value is -3.52. The third kappa shape index (κ3) is 3.74. The van der Waals surface area contributed by atoms with E-state index in [0.717, 1.165) is 0 Å². The first-order valence-corrected chi connectivity index (χ1v) is 9.31. The van der Waals surface area contributed by atoms with Crippen LogP contribution < -0.4 is 5.32 Å². The van der Waals surface area contributed by atoms with Crippen LogP contribution in [0.15, 0.2) is 48.7 Å². The maximum atomic E-state index is 12.9. The number of anilines is 1. The van der Waals surface area contributed by atoms with Gasteiger partial charge in [-0.3, -0.25) is 18.8 Å². The number of carbonyl (C=O) groups is 3. The Morgan fingerprint density at radius 1 is 1.03 bits per heavy atom. The summed E-state index contributed by atoms with van der Waals surface area (Å²) in [6.45, 7) is 3.45. The van der Waals surface area contributed by atoms with E-state index in [9.17, 15) is 14.4 Å². The summed E-state index contributed by atoms with van der Waals surface area (Å²) >= 11 is 0.